The van der Waals surface area contributed by atoms with Gasteiger partial charge in [0.2, 0.25) is 0 Å². The van der Waals surface area contributed by atoms with E-state index in [-0.39, 0.29) is 5.91 Å². The molecule has 4 nitrogen and oxygen atoms in total. The highest BCUT2D eigenvalue weighted by atomic mass is 35.5. The summed E-state index contributed by atoms with van der Waals surface area (Å²) in [5, 5.41) is 10.5. The summed E-state index contributed by atoms with van der Waals surface area (Å²) in [6, 6.07) is 15.3. The van der Waals surface area contributed by atoms with Crippen molar-refractivity contribution in [1.29, 1.82) is 0 Å². The number of hydrogen-bond acceptors (Lipinski definition) is 2. The van der Waals surface area contributed by atoms with Crippen LogP contribution in [0.25, 0.3) is 11.3 Å². The van der Waals surface area contributed by atoms with E-state index in [9.17, 15) is 4.79 Å². The van der Waals surface area contributed by atoms with Gasteiger partial charge in [-0.3, -0.25) is 9.89 Å². The van der Waals surface area contributed by atoms with Gasteiger partial charge in [0, 0.05) is 17.1 Å². The van der Waals surface area contributed by atoms with E-state index in [0.717, 1.165) is 22.4 Å². The number of carbonyl (C=O) groups is 1. The van der Waals surface area contributed by atoms with E-state index in [1.54, 1.807) is 18.3 Å². The molecule has 0 aliphatic rings. The number of carbonyl (C=O) groups excluding carboxylic acids is 1. The molecule has 0 bridgehead atoms. The Hall–Kier alpha value is -2.59. The maximum absolute atomic E-state index is 12.4. The summed E-state index contributed by atoms with van der Waals surface area (Å²) in [7, 11) is 0. The summed E-state index contributed by atoms with van der Waals surface area (Å²) in [5.41, 5.74) is 4.32. The predicted octanol–water partition coefficient (Wildman–Crippen LogP) is 3.97. The number of aromatic nitrogens is 2. The number of nitrogens with zero attached hydrogens (tertiary/aromatic N) is 1. The van der Waals surface area contributed by atoms with Crippen LogP contribution in [0.15, 0.2) is 54.7 Å². The van der Waals surface area contributed by atoms with Crippen molar-refractivity contribution in [3.8, 4) is 11.3 Å². The fourth-order valence-corrected chi connectivity index (χ4v) is 2.48. The molecule has 1 amide bonds. The molecule has 0 saturated carbocycles. The lowest BCUT2D eigenvalue weighted by atomic mass is 10.1. The van der Waals surface area contributed by atoms with Crippen molar-refractivity contribution in [3.63, 3.8) is 0 Å². The second-order valence-electron chi connectivity index (χ2n) is 5.34. The first-order valence-corrected chi connectivity index (χ1v) is 7.64. The fraction of sp³-hybridized carbons (Fsp3) is 0.111. The van der Waals surface area contributed by atoms with Gasteiger partial charge in [0.1, 0.15) is 0 Å². The number of aromatic amines is 1. The number of rotatable bonds is 4. The molecule has 0 aliphatic heterocycles. The third kappa shape index (κ3) is 3.60. The number of aryl methyl sites for hydroxylation is 1. The van der Waals surface area contributed by atoms with Gasteiger partial charge in [0.05, 0.1) is 17.5 Å². The molecule has 2 N–H and O–H groups in total. The first-order valence-electron chi connectivity index (χ1n) is 7.26. The van der Waals surface area contributed by atoms with Gasteiger partial charge in [-0.1, -0.05) is 47.5 Å². The Balaban J connectivity index is 1.76. The molecule has 5 heteroatoms. The molecule has 0 aliphatic carbocycles. The Morgan fingerprint density at radius 2 is 2.00 bits per heavy atom. The molecule has 0 spiro atoms. The normalized spacial score (nSPS) is 10.5. The third-order valence-electron chi connectivity index (χ3n) is 3.56. The SMILES string of the molecule is Cc1cccc(-c2[nH]ncc2C(=O)NCc2ccc(Cl)cc2)c1. The summed E-state index contributed by atoms with van der Waals surface area (Å²) >= 11 is 5.86. The van der Waals surface area contributed by atoms with Crippen LogP contribution in [0.3, 0.4) is 0 Å². The molecule has 1 heterocycles. The van der Waals surface area contributed by atoms with Crippen LogP contribution < -0.4 is 5.32 Å². The minimum Gasteiger partial charge on any atom is -0.348 e. The van der Waals surface area contributed by atoms with E-state index in [0.29, 0.717) is 17.1 Å². The zero-order valence-corrected chi connectivity index (χ0v) is 13.4. The maximum atomic E-state index is 12.4. The molecule has 1 aromatic heterocycles. The molecule has 2 aromatic carbocycles. The molecule has 0 saturated heterocycles. The van der Waals surface area contributed by atoms with E-state index in [1.807, 2.05) is 43.3 Å². The van der Waals surface area contributed by atoms with Crippen LogP contribution in [0, 0.1) is 6.92 Å². The van der Waals surface area contributed by atoms with Crippen molar-refractivity contribution in [2.45, 2.75) is 13.5 Å². The van der Waals surface area contributed by atoms with Gasteiger partial charge in [-0.05, 0) is 30.7 Å². The molecule has 23 heavy (non-hydrogen) atoms. The highest BCUT2D eigenvalue weighted by molar-refractivity contribution is 6.30. The average Bonchev–Trinajstić information content (AvgIpc) is 3.04. The van der Waals surface area contributed by atoms with Crippen molar-refractivity contribution < 1.29 is 4.79 Å². The molecule has 0 fully saturated rings. The molecule has 116 valence electrons. The first kappa shape index (κ1) is 15.3. The summed E-state index contributed by atoms with van der Waals surface area (Å²) < 4.78 is 0. The number of benzene rings is 2. The molecule has 3 aromatic rings. The van der Waals surface area contributed by atoms with E-state index >= 15 is 0 Å². The van der Waals surface area contributed by atoms with Gasteiger partial charge >= 0.3 is 0 Å². The van der Waals surface area contributed by atoms with Crippen molar-refractivity contribution in [2.75, 3.05) is 0 Å². The van der Waals surface area contributed by atoms with Crippen LogP contribution in [-0.2, 0) is 6.54 Å². The molecule has 0 atom stereocenters. The Kier molecular flexibility index (Phi) is 4.44. The highest BCUT2D eigenvalue weighted by Gasteiger charge is 2.15. The van der Waals surface area contributed by atoms with Gasteiger partial charge in [-0.15, -0.1) is 0 Å². The lowest BCUT2D eigenvalue weighted by Gasteiger charge is -2.07. The highest BCUT2D eigenvalue weighted by Crippen LogP contribution is 2.22. The zero-order valence-electron chi connectivity index (χ0n) is 12.6. The van der Waals surface area contributed by atoms with Crippen molar-refractivity contribution >= 4 is 17.5 Å². The molecule has 0 unspecified atom stereocenters. The lowest BCUT2D eigenvalue weighted by molar-refractivity contribution is 0.0951. The second kappa shape index (κ2) is 6.67. The topological polar surface area (TPSA) is 57.8 Å². The van der Waals surface area contributed by atoms with E-state index in [4.69, 9.17) is 11.6 Å². The van der Waals surface area contributed by atoms with Crippen molar-refractivity contribution in [3.05, 3.63) is 76.4 Å². The predicted molar refractivity (Wildman–Crippen MR) is 91.4 cm³/mol. The molecular formula is C18H16ClN3O. The van der Waals surface area contributed by atoms with Gasteiger partial charge in [-0.25, -0.2) is 0 Å². The van der Waals surface area contributed by atoms with Crippen LogP contribution in [0.1, 0.15) is 21.5 Å². The quantitative estimate of drug-likeness (QED) is 0.762. The smallest absolute Gasteiger partial charge is 0.255 e. The Labute approximate surface area is 139 Å². The van der Waals surface area contributed by atoms with Gasteiger partial charge in [0.25, 0.3) is 5.91 Å². The number of halogens is 1. The summed E-state index contributed by atoms with van der Waals surface area (Å²) in [4.78, 5) is 12.4. The fourth-order valence-electron chi connectivity index (χ4n) is 2.36. The minimum absolute atomic E-state index is 0.162. The van der Waals surface area contributed by atoms with Crippen molar-refractivity contribution in [2.24, 2.45) is 0 Å². The van der Waals surface area contributed by atoms with E-state index < -0.39 is 0 Å². The zero-order chi connectivity index (χ0) is 16.2. The number of nitrogens with one attached hydrogen (secondary N) is 2. The third-order valence-corrected chi connectivity index (χ3v) is 3.81. The minimum atomic E-state index is -0.162. The molecule has 0 radical (unpaired) electrons. The summed E-state index contributed by atoms with van der Waals surface area (Å²) in [5.74, 6) is -0.162. The van der Waals surface area contributed by atoms with Crippen LogP contribution >= 0.6 is 11.6 Å². The van der Waals surface area contributed by atoms with Gasteiger partial charge in [0.15, 0.2) is 0 Å². The number of H-pyrrole nitrogens is 1. The number of amides is 1. The van der Waals surface area contributed by atoms with Crippen LogP contribution in [-0.4, -0.2) is 16.1 Å². The Bertz CT molecular complexity index is 824. The van der Waals surface area contributed by atoms with Gasteiger partial charge in [-0.2, -0.15) is 5.10 Å². The summed E-state index contributed by atoms with van der Waals surface area (Å²) in [6.45, 7) is 2.45. The largest absolute Gasteiger partial charge is 0.348 e. The Morgan fingerprint density at radius 3 is 2.74 bits per heavy atom. The second-order valence-corrected chi connectivity index (χ2v) is 5.77. The molecule has 3 rings (SSSR count). The standard InChI is InChI=1S/C18H16ClN3O/c1-12-3-2-4-14(9-12)17-16(11-21-22-17)18(23)20-10-13-5-7-15(19)8-6-13/h2-9,11H,10H2,1H3,(H,20,23)(H,21,22). The maximum Gasteiger partial charge on any atom is 0.255 e. The van der Waals surface area contributed by atoms with Gasteiger partial charge < -0.3 is 5.32 Å². The van der Waals surface area contributed by atoms with Crippen LogP contribution in [0.5, 0.6) is 0 Å². The van der Waals surface area contributed by atoms with E-state index in [2.05, 4.69) is 15.5 Å². The monoisotopic (exact) mass is 325 g/mol. The lowest BCUT2D eigenvalue weighted by Crippen LogP contribution is -2.22. The van der Waals surface area contributed by atoms with Crippen LogP contribution in [0.2, 0.25) is 5.02 Å². The molecular weight excluding hydrogens is 310 g/mol. The summed E-state index contributed by atoms with van der Waals surface area (Å²) in [6.07, 6.45) is 1.55. The first-order chi connectivity index (χ1) is 11.1. The van der Waals surface area contributed by atoms with E-state index in [1.165, 1.54) is 0 Å². The van der Waals surface area contributed by atoms with Crippen LogP contribution in [0.4, 0.5) is 0 Å². The number of hydrogen-bond donors (Lipinski definition) is 2. The van der Waals surface area contributed by atoms with Crippen molar-refractivity contribution in [1.82, 2.24) is 15.5 Å². The average molecular weight is 326 g/mol. The Morgan fingerprint density at radius 1 is 1.22 bits per heavy atom.